The molecule has 0 aliphatic heterocycles. The lowest BCUT2D eigenvalue weighted by molar-refractivity contribution is -0.387. The van der Waals surface area contributed by atoms with Crippen LogP contribution < -0.4 is 0 Å². The summed E-state index contributed by atoms with van der Waals surface area (Å²) in [5.74, 6) is 1.77. The first-order chi connectivity index (χ1) is 11.4. The van der Waals surface area contributed by atoms with E-state index >= 15 is 0 Å². The maximum Gasteiger partial charge on any atom is 0.289 e. The van der Waals surface area contributed by atoms with E-state index in [0.29, 0.717) is 5.56 Å². The largest absolute Gasteiger partial charge is 0.289 e. The van der Waals surface area contributed by atoms with E-state index in [4.69, 9.17) is 6.42 Å². The molecule has 0 atom stereocenters. The molecule has 0 radical (unpaired) electrons. The third-order valence-electron chi connectivity index (χ3n) is 3.22. The Bertz CT molecular complexity index is 889. The molecular weight excluding hydrogens is 335 g/mol. The predicted molar refractivity (Wildman–Crippen MR) is 85.9 cm³/mol. The zero-order valence-corrected chi connectivity index (χ0v) is 13.2. The van der Waals surface area contributed by atoms with Crippen molar-refractivity contribution in [2.75, 3.05) is 6.54 Å². The van der Waals surface area contributed by atoms with Crippen LogP contribution in [0.5, 0.6) is 0 Å². The van der Waals surface area contributed by atoms with Crippen LogP contribution >= 0.6 is 0 Å². The first-order valence-electron chi connectivity index (χ1n) is 6.77. The molecule has 0 spiro atoms. The number of benzene rings is 2. The topological polar surface area (TPSA) is 80.5 Å². The predicted octanol–water partition coefficient (Wildman–Crippen LogP) is 2.56. The fourth-order valence-corrected chi connectivity index (χ4v) is 3.59. The highest BCUT2D eigenvalue weighted by molar-refractivity contribution is 7.89. The number of nitro benzene ring substituents is 1. The fourth-order valence-electron chi connectivity index (χ4n) is 2.09. The first kappa shape index (κ1) is 17.6. The standard InChI is InChI=1S/C16H13FN2O4S/c1-2-11-18(12-13-7-9-14(17)10-8-13)24(22,23)16-6-4-3-5-15(16)19(20)21/h1,3-10H,11-12H2. The highest BCUT2D eigenvalue weighted by atomic mass is 32.2. The Morgan fingerprint density at radius 1 is 1.17 bits per heavy atom. The maximum absolute atomic E-state index is 13.0. The second-order valence-electron chi connectivity index (χ2n) is 4.83. The summed E-state index contributed by atoms with van der Waals surface area (Å²) in [6.45, 7) is -0.398. The van der Waals surface area contributed by atoms with Crippen LogP contribution in [0, 0.1) is 28.3 Å². The van der Waals surface area contributed by atoms with Crippen molar-refractivity contribution in [3.63, 3.8) is 0 Å². The summed E-state index contributed by atoms with van der Waals surface area (Å²) in [6, 6.07) is 10.3. The maximum atomic E-state index is 13.0. The van der Waals surface area contributed by atoms with Crippen molar-refractivity contribution in [1.82, 2.24) is 4.31 Å². The number of nitro groups is 1. The van der Waals surface area contributed by atoms with Gasteiger partial charge in [0.1, 0.15) is 5.82 Å². The van der Waals surface area contributed by atoms with Gasteiger partial charge in [-0.3, -0.25) is 10.1 Å². The highest BCUT2D eigenvalue weighted by Gasteiger charge is 2.31. The lowest BCUT2D eigenvalue weighted by atomic mass is 10.2. The van der Waals surface area contributed by atoms with Crippen LogP contribution in [-0.4, -0.2) is 24.2 Å². The molecule has 0 N–H and O–H groups in total. The zero-order chi connectivity index (χ0) is 17.7. The van der Waals surface area contributed by atoms with Gasteiger partial charge in [-0.2, -0.15) is 4.31 Å². The van der Waals surface area contributed by atoms with Crippen molar-refractivity contribution < 1.29 is 17.7 Å². The minimum atomic E-state index is -4.19. The first-order valence-corrected chi connectivity index (χ1v) is 8.21. The zero-order valence-electron chi connectivity index (χ0n) is 12.4. The summed E-state index contributed by atoms with van der Waals surface area (Å²) in [4.78, 5) is 9.88. The van der Waals surface area contributed by atoms with E-state index in [1.807, 2.05) is 0 Å². The molecule has 0 saturated carbocycles. The summed E-state index contributed by atoms with van der Waals surface area (Å²) in [7, 11) is -4.19. The van der Waals surface area contributed by atoms with Crippen molar-refractivity contribution in [1.29, 1.82) is 0 Å². The molecule has 2 aromatic carbocycles. The SMILES string of the molecule is C#CCN(Cc1ccc(F)cc1)S(=O)(=O)c1ccccc1[N+](=O)[O-]. The molecule has 0 amide bonds. The Morgan fingerprint density at radius 2 is 1.79 bits per heavy atom. The Morgan fingerprint density at radius 3 is 2.38 bits per heavy atom. The number of para-hydroxylation sites is 1. The van der Waals surface area contributed by atoms with E-state index in [2.05, 4.69) is 5.92 Å². The molecule has 6 nitrogen and oxygen atoms in total. The average Bonchev–Trinajstić information content (AvgIpc) is 2.56. The van der Waals surface area contributed by atoms with E-state index in [1.165, 1.54) is 36.4 Å². The molecule has 2 rings (SSSR count). The van der Waals surface area contributed by atoms with Gasteiger partial charge in [0.05, 0.1) is 11.5 Å². The lowest BCUT2D eigenvalue weighted by Crippen LogP contribution is -2.31. The van der Waals surface area contributed by atoms with Crippen LogP contribution in [-0.2, 0) is 16.6 Å². The summed E-state index contributed by atoms with van der Waals surface area (Å²) in [6.07, 6.45) is 5.23. The van der Waals surface area contributed by atoms with Gasteiger partial charge in [0.2, 0.25) is 0 Å². The Labute approximate surface area is 138 Å². The van der Waals surface area contributed by atoms with E-state index in [0.717, 1.165) is 16.4 Å². The number of nitrogens with zero attached hydrogens (tertiary/aromatic N) is 2. The third-order valence-corrected chi connectivity index (χ3v) is 5.06. The molecule has 0 aliphatic rings. The molecule has 0 bridgehead atoms. The van der Waals surface area contributed by atoms with Gasteiger partial charge in [0.25, 0.3) is 15.7 Å². The van der Waals surface area contributed by atoms with Crippen molar-refractivity contribution in [2.45, 2.75) is 11.4 Å². The van der Waals surface area contributed by atoms with Crippen LogP contribution in [0.3, 0.4) is 0 Å². The summed E-state index contributed by atoms with van der Waals surface area (Å²) >= 11 is 0. The van der Waals surface area contributed by atoms with E-state index in [1.54, 1.807) is 0 Å². The molecule has 0 unspecified atom stereocenters. The Hall–Kier alpha value is -2.76. The van der Waals surface area contributed by atoms with Gasteiger partial charge < -0.3 is 0 Å². The minimum absolute atomic E-state index is 0.126. The molecule has 0 fully saturated rings. The summed E-state index contributed by atoms with van der Waals surface area (Å²) < 4.78 is 39.4. The fraction of sp³-hybridized carbons (Fsp3) is 0.125. The molecule has 24 heavy (non-hydrogen) atoms. The van der Waals surface area contributed by atoms with E-state index < -0.39 is 31.3 Å². The smallest absolute Gasteiger partial charge is 0.258 e. The summed E-state index contributed by atoms with van der Waals surface area (Å²) in [5, 5.41) is 11.1. The van der Waals surface area contributed by atoms with Gasteiger partial charge in [-0.15, -0.1) is 6.42 Å². The molecule has 2 aromatic rings. The van der Waals surface area contributed by atoms with Gasteiger partial charge in [-0.1, -0.05) is 30.2 Å². The third kappa shape index (κ3) is 3.76. The second kappa shape index (κ2) is 7.21. The van der Waals surface area contributed by atoms with Crippen LogP contribution in [0.25, 0.3) is 0 Å². The second-order valence-corrected chi connectivity index (χ2v) is 6.73. The van der Waals surface area contributed by atoms with Crippen LogP contribution in [0.2, 0.25) is 0 Å². The van der Waals surface area contributed by atoms with Gasteiger partial charge in [-0.25, -0.2) is 12.8 Å². The van der Waals surface area contributed by atoms with Crippen LogP contribution in [0.4, 0.5) is 10.1 Å². The quantitative estimate of drug-likeness (QED) is 0.456. The normalized spacial score (nSPS) is 11.2. The highest BCUT2D eigenvalue weighted by Crippen LogP contribution is 2.27. The van der Waals surface area contributed by atoms with Gasteiger partial charge in [0.15, 0.2) is 4.90 Å². The number of hydrogen-bond donors (Lipinski definition) is 0. The van der Waals surface area contributed by atoms with Crippen molar-refractivity contribution in [2.24, 2.45) is 0 Å². The van der Waals surface area contributed by atoms with Crippen molar-refractivity contribution in [3.8, 4) is 12.3 Å². The number of terminal acetylenes is 1. The lowest BCUT2D eigenvalue weighted by Gasteiger charge is -2.20. The molecule has 0 aromatic heterocycles. The molecule has 0 saturated heterocycles. The average molecular weight is 348 g/mol. The Balaban J connectivity index is 2.44. The summed E-state index contributed by atoms with van der Waals surface area (Å²) in [5.41, 5.74) is -0.0209. The number of rotatable bonds is 6. The van der Waals surface area contributed by atoms with E-state index in [9.17, 15) is 22.9 Å². The van der Waals surface area contributed by atoms with Crippen molar-refractivity contribution in [3.05, 3.63) is 70.0 Å². The molecule has 0 heterocycles. The molecule has 0 aliphatic carbocycles. The van der Waals surface area contributed by atoms with Crippen LogP contribution in [0.1, 0.15) is 5.56 Å². The molecule has 8 heteroatoms. The van der Waals surface area contributed by atoms with E-state index in [-0.39, 0.29) is 13.1 Å². The number of hydrogen-bond acceptors (Lipinski definition) is 4. The van der Waals surface area contributed by atoms with Crippen molar-refractivity contribution >= 4 is 15.7 Å². The van der Waals surface area contributed by atoms with Gasteiger partial charge >= 0.3 is 0 Å². The monoisotopic (exact) mass is 348 g/mol. The van der Waals surface area contributed by atoms with Gasteiger partial charge in [0, 0.05) is 12.6 Å². The Kier molecular flexibility index (Phi) is 5.28. The van der Waals surface area contributed by atoms with Crippen LogP contribution in [0.15, 0.2) is 53.4 Å². The number of halogens is 1. The van der Waals surface area contributed by atoms with Gasteiger partial charge in [-0.05, 0) is 23.8 Å². The molecular formula is C16H13FN2O4S. The number of sulfonamides is 1. The molecule has 124 valence electrons. The minimum Gasteiger partial charge on any atom is -0.258 e.